The molecule has 2 spiro atoms. The van der Waals surface area contributed by atoms with Crippen LogP contribution in [0.2, 0.25) is 0 Å². The first-order valence-corrected chi connectivity index (χ1v) is 20.2. The first-order valence-electron chi connectivity index (χ1n) is 20.2. The van der Waals surface area contributed by atoms with Crippen LogP contribution in [-0.2, 0) is 24.0 Å². The van der Waals surface area contributed by atoms with Gasteiger partial charge in [-0.3, -0.25) is 33.8 Å². The Hall–Kier alpha value is -3.56. The van der Waals surface area contributed by atoms with Gasteiger partial charge < -0.3 is 10.2 Å². The van der Waals surface area contributed by atoms with E-state index in [1.165, 1.54) is 18.6 Å². The molecule has 0 unspecified atom stereocenters. The van der Waals surface area contributed by atoms with Crippen molar-refractivity contribution in [3.05, 3.63) is 36.9 Å². The number of carbonyl (C=O) groups excluding carboxylic acids is 6. The third-order valence-corrected chi connectivity index (χ3v) is 14.1. The van der Waals surface area contributed by atoms with Crippen molar-refractivity contribution >= 4 is 34.9 Å². The van der Waals surface area contributed by atoms with Gasteiger partial charge in [0, 0.05) is 55.5 Å². The minimum atomic E-state index is -0.773. The maximum Gasteiger partial charge on any atom is 0.272 e. The smallest absolute Gasteiger partial charge is 0.272 e. The molecule has 4 aliphatic rings. The molecule has 4 fully saturated rings. The molecule has 1 aromatic rings. The van der Waals surface area contributed by atoms with Crippen LogP contribution in [-0.4, -0.2) is 68.4 Å². The van der Waals surface area contributed by atoms with Crippen molar-refractivity contribution in [2.75, 3.05) is 6.54 Å². The number of hydrogen-bond donors (Lipinski definition) is 1. The maximum atomic E-state index is 15.1. The monoisotopic (exact) mass is 730 g/mol. The van der Waals surface area contributed by atoms with Crippen molar-refractivity contribution < 1.29 is 28.8 Å². The molecule has 0 radical (unpaired) electrons. The van der Waals surface area contributed by atoms with E-state index >= 15 is 4.79 Å². The van der Waals surface area contributed by atoms with Crippen LogP contribution >= 0.6 is 0 Å². The molecule has 0 bridgehead atoms. The van der Waals surface area contributed by atoms with Crippen LogP contribution < -0.4 is 5.32 Å². The molecule has 1 aliphatic heterocycles. The zero-order valence-corrected chi connectivity index (χ0v) is 33.0. The van der Waals surface area contributed by atoms with Gasteiger partial charge in [0.1, 0.15) is 5.69 Å². The Labute approximate surface area is 316 Å². The Morgan fingerprint density at radius 1 is 1.00 bits per heavy atom. The van der Waals surface area contributed by atoms with E-state index in [0.29, 0.717) is 32.2 Å². The number of hydrogen-bond acceptors (Lipinski definition) is 8. The Kier molecular flexibility index (Phi) is 12.3. The van der Waals surface area contributed by atoms with Gasteiger partial charge in [0.05, 0.1) is 18.3 Å². The van der Waals surface area contributed by atoms with Crippen LogP contribution in [0.5, 0.6) is 0 Å². The zero-order chi connectivity index (χ0) is 38.8. The highest BCUT2D eigenvalue weighted by Gasteiger charge is 2.85. The van der Waals surface area contributed by atoms with E-state index in [1.807, 2.05) is 27.7 Å². The van der Waals surface area contributed by atoms with Gasteiger partial charge >= 0.3 is 0 Å². The third-order valence-electron chi connectivity index (χ3n) is 14.1. The van der Waals surface area contributed by atoms with Crippen molar-refractivity contribution in [3.8, 4) is 0 Å². The molecule has 10 nitrogen and oxygen atoms in total. The van der Waals surface area contributed by atoms with E-state index in [0.717, 1.165) is 51.4 Å². The predicted octanol–water partition coefficient (Wildman–Crippen LogP) is 7.05. The second kappa shape index (κ2) is 16.0. The molecular weight excluding hydrogens is 668 g/mol. The summed E-state index contributed by atoms with van der Waals surface area (Å²) in [4.78, 5) is 93.4. The topological polar surface area (TPSA) is 143 Å². The number of fused-ring (bicyclic) bond motifs is 1. The summed E-state index contributed by atoms with van der Waals surface area (Å²) < 4.78 is 0. The van der Waals surface area contributed by atoms with Crippen molar-refractivity contribution in [1.29, 1.82) is 0 Å². The summed E-state index contributed by atoms with van der Waals surface area (Å²) in [5.74, 6) is -3.55. The molecule has 0 aromatic carbocycles. The van der Waals surface area contributed by atoms with E-state index in [9.17, 15) is 24.0 Å². The zero-order valence-electron chi connectivity index (χ0n) is 33.0. The molecule has 53 heavy (non-hydrogen) atoms. The van der Waals surface area contributed by atoms with Gasteiger partial charge in [-0.05, 0) is 67.1 Å². The Morgan fingerprint density at radius 3 is 2.25 bits per heavy atom. The first kappa shape index (κ1) is 40.6. The van der Waals surface area contributed by atoms with E-state index < -0.39 is 46.8 Å². The number of allylic oxidation sites excluding steroid dienone is 1. The maximum absolute atomic E-state index is 15.1. The number of amides is 2. The number of nitrogens with one attached hydrogen (secondary N) is 1. The number of rotatable bonds is 17. The lowest BCUT2D eigenvalue weighted by molar-refractivity contribution is -0.147. The minimum Gasteiger partial charge on any atom is -0.341 e. The second-order valence-electron chi connectivity index (χ2n) is 18.1. The lowest BCUT2D eigenvalue weighted by Gasteiger charge is -2.37. The van der Waals surface area contributed by atoms with Gasteiger partial charge in [0.2, 0.25) is 11.7 Å². The fourth-order valence-electron chi connectivity index (χ4n) is 10.6. The van der Waals surface area contributed by atoms with Crippen molar-refractivity contribution in [1.82, 2.24) is 20.2 Å². The highest BCUT2D eigenvalue weighted by molar-refractivity contribution is 6.38. The molecular formula is C43H62N4O6. The average molecular weight is 731 g/mol. The summed E-state index contributed by atoms with van der Waals surface area (Å²) in [6.07, 6.45) is 15.7. The summed E-state index contributed by atoms with van der Waals surface area (Å²) in [5.41, 5.74) is -0.716. The second-order valence-corrected chi connectivity index (χ2v) is 18.1. The largest absolute Gasteiger partial charge is 0.341 e. The lowest BCUT2D eigenvalue weighted by Crippen LogP contribution is -2.51. The molecule has 10 heteroatoms. The Morgan fingerprint density at radius 2 is 1.70 bits per heavy atom. The Bertz CT molecular complexity index is 1570. The summed E-state index contributed by atoms with van der Waals surface area (Å²) in [5, 5.41) is 2.99. The molecule has 290 valence electrons. The van der Waals surface area contributed by atoms with Crippen LogP contribution in [0.4, 0.5) is 0 Å². The number of carbonyl (C=O) groups is 6. The Balaban J connectivity index is 1.43. The van der Waals surface area contributed by atoms with Crippen molar-refractivity contribution in [2.45, 2.75) is 150 Å². The number of likely N-dealkylation sites (tertiary alicyclic amines) is 1. The van der Waals surface area contributed by atoms with Gasteiger partial charge in [-0.2, -0.15) is 0 Å². The van der Waals surface area contributed by atoms with Crippen LogP contribution in [0.15, 0.2) is 31.2 Å². The normalized spacial score (nSPS) is 24.9. The number of ketones is 4. The van der Waals surface area contributed by atoms with E-state index in [2.05, 4.69) is 35.7 Å². The summed E-state index contributed by atoms with van der Waals surface area (Å²) in [7, 11) is 0. The summed E-state index contributed by atoms with van der Waals surface area (Å²) in [6.45, 7) is 16.4. The molecule has 1 N–H and O–H groups in total. The SMILES string of the molecule is C=CCCC(=O)C(=O)[C@H](CCC)CC(=O)[C@H]1C[C@@]2(CN1C(=O)[C@H](CC(=O)[C@@H](NC(=O)c1cnccn1)C1CCCCC1)C(C)(C)C)C(C)(C)C21CCC1. The summed E-state index contributed by atoms with van der Waals surface area (Å²) in [6, 6.07) is -1.51. The van der Waals surface area contributed by atoms with Crippen LogP contribution in [0.1, 0.15) is 148 Å². The molecule has 3 saturated carbocycles. The highest BCUT2D eigenvalue weighted by Crippen LogP contribution is 2.88. The molecule has 2 amide bonds. The third kappa shape index (κ3) is 7.71. The molecule has 1 saturated heterocycles. The molecule has 3 aliphatic carbocycles. The van der Waals surface area contributed by atoms with Crippen LogP contribution in [0.3, 0.4) is 0 Å². The van der Waals surface area contributed by atoms with Gasteiger partial charge in [-0.25, -0.2) is 4.98 Å². The van der Waals surface area contributed by atoms with Crippen molar-refractivity contribution in [3.63, 3.8) is 0 Å². The quantitative estimate of drug-likeness (QED) is 0.133. The molecule has 5 rings (SSSR count). The van der Waals surface area contributed by atoms with Crippen LogP contribution in [0.25, 0.3) is 0 Å². The predicted molar refractivity (Wildman–Crippen MR) is 203 cm³/mol. The van der Waals surface area contributed by atoms with Gasteiger partial charge in [0.15, 0.2) is 17.3 Å². The van der Waals surface area contributed by atoms with Gasteiger partial charge in [-0.15, -0.1) is 6.58 Å². The minimum absolute atomic E-state index is 0.0510. The first-order chi connectivity index (χ1) is 25.0. The van der Waals surface area contributed by atoms with Crippen molar-refractivity contribution in [2.24, 2.45) is 39.4 Å². The van der Waals surface area contributed by atoms with E-state index in [1.54, 1.807) is 11.0 Å². The fourth-order valence-corrected chi connectivity index (χ4v) is 10.6. The summed E-state index contributed by atoms with van der Waals surface area (Å²) >= 11 is 0. The fraction of sp³-hybridized carbons (Fsp3) is 0.721. The average Bonchev–Trinajstić information content (AvgIpc) is 3.32. The lowest BCUT2D eigenvalue weighted by atomic mass is 9.73. The number of nitrogens with zero attached hydrogens (tertiary/aromatic N) is 3. The molecule has 2 heterocycles. The molecule has 1 aromatic heterocycles. The van der Waals surface area contributed by atoms with Gasteiger partial charge in [0.25, 0.3) is 5.91 Å². The highest BCUT2D eigenvalue weighted by atomic mass is 16.2. The molecule has 5 atom stereocenters. The van der Waals surface area contributed by atoms with E-state index in [-0.39, 0.29) is 64.6 Å². The van der Waals surface area contributed by atoms with Gasteiger partial charge in [-0.1, -0.05) is 79.7 Å². The number of Topliss-reactive ketones (excluding diaryl/α,β-unsaturated/α-hetero) is 4. The van der Waals surface area contributed by atoms with Crippen LogP contribution in [0, 0.1) is 39.4 Å². The number of aromatic nitrogens is 2. The standard InChI is InChI=1S/C43H62N4O6/c1-8-10-18-33(48)37(51)29(15-9-2)23-34(49)32-25-43(41(6,7)42(43)19-14-20-42)27-47(32)39(53)30(40(3,4)5)24-35(50)36(28-16-12-11-13-17-28)46-38(52)31-26-44-21-22-45-31/h8,21-22,26,28-30,32,36H,1,9-20,23-25,27H2,2-7H3,(H,46,52)/t29-,30+,32-,36+,43-/m1/s1. The van der Waals surface area contributed by atoms with E-state index in [4.69, 9.17) is 0 Å².